The Balaban J connectivity index is 0.00000312. The van der Waals surface area contributed by atoms with Crippen molar-refractivity contribution in [3.63, 3.8) is 0 Å². The summed E-state index contributed by atoms with van der Waals surface area (Å²) in [5.41, 5.74) is 1.22. The fraction of sp³-hybridized carbons (Fsp3) is 0.588. The van der Waals surface area contributed by atoms with Crippen LogP contribution >= 0.6 is 12.4 Å². The van der Waals surface area contributed by atoms with Crippen LogP contribution in [-0.4, -0.2) is 65.1 Å². The second-order valence-electron chi connectivity index (χ2n) is 6.41. The first-order chi connectivity index (χ1) is 11.5. The molecule has 1 saturated heterocycles. The first-order valence-electron chi connectivity index (χ1n) is 8.33. The number of carboxylic acid groups (broad SMARTS) is 1. The number of nitro groups is 1. The van der Waals surface area contributed by atoms with E-state index in [0.717, 1.165) is 50.9 Å². The summed E-state index contributed by atoms with van der Waals surface area (Å²) in [5.74, 6) is -0.781. The van der Waals surface area contributed by atoms with Gasteiger partial charge in [-0.2, -0.15) is 0 Å². The molecule has 1 heterocycles. The van der Waals surface area contributed by atoms with E-state index in [1.54, 1.807) is 12.1 Å². The number of rotatable bonds is 7. The number of hydrogen-bond acceptors (Lipinski definition) is 5. The highest BCUT2D eigenvalue weighted by Crippen LogP contribution is 2.17. The normalized spacial score (nSPS) is 18.4. The number of likely N-dealkylation sites (N-methyl/N-ethyl adjacent to an activating group) is 1. The molecule has 0 radical (unpaired) electrons. The molecule has 1 N–H and O–H groups in total. The van der Waals surface area contributed by atoms with Gasteiger partial charge < -0.3 is 10.0 Å². The standard InChI is InChI=1S/C17H25N3O4.ClH/c1-18(13-17(21)22)15-3-2-10-19(12-9-15)11-8-14-4-6-16(7-5-14)20(23)24;/h4-7,15H,2-3,8-13H2,1H3,(H,21,22);1H. The third kappa shape index (κ3) is 6.97. The fourth-order valence-electron chi connectivity index (χ4n) is 3.22. The molecular formula is C17H26ClN3O4. The van der Waals surface area contributed by atoms with Crippen LogP contribution in [0.1, 0.15) is 24.8 Å². The van der Waals surface area contributed by atoms with Gasteiger partial charge in [-0.25, -0.2) is 0 Å². The Kier molecular flexibility index (Phi) is 8.82. The number of benzene rings is 1. The summed E-state index contributed by atoms with van der Waals surface area (Å²) in [6.45, 7) is 2.99. The summed E-state index contributed by atoms with van der Waals surface area (Å²) in [6.07, 6.45) is 3.93. The van der Waals surface area contributed by atoms with Crippen LogP contribution in [0.4, 0.5) is 5.69 Å². The molecule has 7 nitrogen and oxygen atoms in total. The highest BCUT2D eigenvalue weighted by molar-refractivity contribution is 5.85. The quantitative estimate of drug-likeness (QED) is 0.585. The molecule has 1 aliphatic heterocycles. The molecule has 25 heavy (non-hydrogen) atoms. The monoisotopic (exact) mass is 371 g/mol. The zero-order chi connectivity index (χ0) is 17.5. The van der Waals surface area contributed by atoms with Crippen molar-refractivity contribution in [1.82, 2.24) is 9.80 Å². The number of carboxylic acids is 1. The molecule has 140 valence electrons. The number of hydrogen-bond donors (Lipinski definition) is 1. The highest BCUT2D eigenvalue weighted by atomic mass is 35.5. The van der Waals surface area contributed by atoms with E-state index in [4.69, 9.17) is 5.11 Å². The summed E-state index contributed by atoms with van der Waals surface area (Å²) in [6, 6.07) is 7.06. The summed E-state index contributed by atoms with van der Waals surface area (Å²) in [7, 11) is 1.88. The zero-order valence-electron chi connectivity index (χ0n) is 14.5. The Bertz CT molecular complexity index is 568. The van der Waals surface area contributed by atoms with Gasteiger partial charge in [-0.15, -0.1) is 12.4 Å². The van der Waals surface area contributed by atoms with Crippen molar-refractivity contribution < 1.29 is 14.8 Å². The van der Waals surface area contributed by atoms with Gasteiger partial charge in [0.15, 0.2) is 0 Å². The average molecular weight is 372 g/mol. The van der Waals surface area contributed by atoms with E-state index in [-0.39, 0.29) is 29.6 Å². The Labute approximate surface area is 154 Å². The molecule has 8 heteroatoms. The van der Waals surface area contributed by atoms with E-state index in [0.29, 0.717) is 6.04 Å². The molecule has 1 aliphatic rings. The van der Waals surface area contributed by atoms with Gasteiger partial charge in [0.05, 0.1) is 11.5 Å². The van der Waals surface area contributed by atoms with Crippen LogP contribution in [0.3, 0.4) is 0 Å². The van der Waals surface area contributed by atoms with E-state index >= 15 is 0 Å². The molecule has 1 aromatic carbocycles. The minimum Gasteiger partial charge on any atom is -0.480 e. The van der Waals surface area contributed by atoms with E-state index in [2.05, 4.69) is 4.90 Å². The van der Waals surface area contributed by atoms with Gasteiger partial charge in [0.1, 0.15) is 0 Å². The van der Waals surface area contributed by atoms with Gasteiger partial charge in [0, 0.05) is 24.7 Å². The Morgan fingerprint density at radius 2 is 2.00 bits per heavy atom. The molecule has 0 aliphatic carbocycles. The molecule has 0 saturated carbocycles. The van der Waals surface area contributed by atoms with Gasteiger partial charge in [-0.3, -0.25) is 19.8 Å². The van der Waals surface area contributed by atoms with E-state index < -0.39 is 5.97 Å². The third-order valence-electron chi connectivity index (χ3n) is 4.66. The van der Waals surface area contributed by atoms with Crippen molar-refractivity contribution in [1.29, 1.82) is 0 Å². The van der Waals surface area contributed by atoms with Crippen LogP contribution in [0.5, 0.6) is 0 Å². The molecule has 0 aromatic heterocycles. The number of carbonyl (C=O) groups is 1. The topological polar surface area (TPSA) is 86.9 Å². The Morgan fingerprint density at radius 1 is 1.32 bits per heavy atom. The van der Waals surface area contributed by atoms with Gasteiger partial charge in [0.2, 0.25) is 0 Å². The smallest absolute Gasteiger partial charge is 0.317 e. The largest absolute Gasteiger partial charge is 0.480 e. The molecule has 0 amide bonds. The molecule has 2 rings (SSSR count). The first-order valence-corrected chi connectivity index (χ1v) is 8.33. The molecule has 0 bridgehead atoms. The Hall–Kier alpha value is -1.70. The lowest BCUT2D eigenvalue weighted by atomic mass is 10.1. The van der Waals surface area contributed by atoms with Gasteiger partial charge in [0.25, 0.3) is 5.69 Å². The zero-order valence-corrected chi connectivity index (χ0v) is 15.3. The van der Waals surface area contributed by atoms with Crippen LogP contribution < -0.4 is 0 Å². The maximum absolute atomic E-state index is 10.8. The molecule has 1 atom stereocenters. The van der Waals surface area contributed by atoms with Crippen LogP contribution in [-0.2, 0) is 11.2 Å². The third-order valence-corrected chi connectivity index (χ3v) is 4.66. The molecule has 1 fully saturated rings. The van der Waals surface area contributed by atoms with Crippen LogP contribution in [0.15, 0.2) is 24.3 Å². The number of likely N-dealkylation sites (tertiary alicyclic amines) is 1. The van der Waals surface area contributed by atoms with Crippen molar-refractivity contribution in [3.05, 3.63) is 39.9 Å². The molecular weight excluding hydrogens is 346 g/mol. The molecule has 0 spiro atoms. The summed E-state index contributed by atoms with van der Waals surface area (Å²) < 4.78 is 0. The summed E-state index contributed by atoms with van der Waals surface area (Å²) >= 11 is 0. The minimum atomic E-state index is -0.781. The number of aliphatic carboxylic acids is 1. The second kappa shape index (κ2) is 10.3. The number of non-ortho nitro benzene ring substituents is 1. The van der Waals surface area contributed by atoms with Crippen LogP contribution in [0.25, 0.3) is 0 Å². The lowest BCUT2D eigenvalue weighted by Crippen LogP contribution is -2.36. The predicted octanol–water partition coefficient (Wildman–Crippen LogP) is 2.43. The van der Waals surface area contributed by atoms with Crippen molar-refractivity contribution in [2.75, 3.05) is 33.2 Å². The van der Waals surface area contributed by atoms with E-state index in [9.17, 15) is 14.9 Å². The van der Waals surface area contributed by atoms with Crippen molar-refractivity contribution in [2.45, 2.75) is 31.7 Å². The van der Waals surface area contributed by atoms with Crippen molar-refractivity contribution >= 4 is 24.1 Å². The van der Waals surface area contributed by atoms with Crippen LogP contribution in [0, 0.1) is 10.1 Å². The second-order valence-corrected chi connectivity index (χ2v) is 6.41. The minimum absolute atomic E-state index is 0. The summed E-state index contributed by atoms with van der Waals surface area (Å²) in [5, 5.41) is 19.6. The number of nitro benzene ring substituents is 1. The number of nitrogens with zero attached hydrogens (tertiary/aromatic N) is 3. The fourth-order valence-corrected chi connectivity index (χ4v) is 3.22. The predicted molar refractivity (Wildman–Crippen MR) is 98.4 cm³/mol. The Morgan fingerprint density at radius 3 is 2.60 bits per heavy atom. The number of halogens is 1. The lowest BCUT2D eigenvalue weighted by molar-refractivity contribution is -0.384. The molecule has 1 unspecified atom stereocenters. The van der Waals surface area contributed by atoms with E-state index in [1.807, 2.05) is 24.1 Å². The van der Waals surface area contributed by atoms with Crippen LogP contribution in [0.2, 0.25) is 0 Å². The maximum atomic E-state index is 10.8. The average Bonchev–Trinajstić information content (AvgIpc) is 2.78. The van der Waals surface area contributed by atoms with Crippen molar-refractivity contribution in [3.8, 4) is 0 Å². The van der Waals surface area contributed by atoms with Gasteiger partial charge in [-0.1, -0.05) is 12.1 Å². The first kappa shape index (κ1) is 21.3. The highest BCUT2D eigenvalue weighted by Gasteiger charge is 2.21. The van der Waals surface area contributed by atoms with Gasteiger partial charge >= 0.3 is 5.97 Å². The van der Waals surface area contributed by atoms with Crippen molar-refractivity contribution in [2.24, 2.45) is 0 Å². The van der Waals surface area contributed by atoms with Gasteiger partial charge in [-0.05, 0) is 51.4 Å². The summed E-state index contributed by atoms with van der Waals surface area (Å²) in [4.78, 5) is 25.4. The maximum Gasteiger partial charge on any atom is 0.317 e. The lowest BCUT2D eigenvalue weighted by Gasteiger charge is -2.25. The van der Waals surface area contributed by atoms with E-state index in [1.165, 1.54) is 0 Å². The molecule has 1 aromatic rings. The SMILES string of the molecule is CN(CC(=O)O)C1CCCN(CCc2ccc([N+](=O)[O-])cc2)CC1.Cl.